The zero-order valence-corrected chi connectivity index (χ0v) is 23.1. The summed E-state index contributed by atoms with van der Waals surface area (Å²) in [5, 5.41) is 14.8. The number of carbonyl (C=O) groups is 1. The van der Waals surface area contributed by atoms with E-state index >= 15 is 0 Å². The summed E-state index contributed by atoms with van der Waals surface area (Å²) < 4.78 is 0. The molecule has 0 bridgehead atoms. The van der Waals surface area contributed by atoms with E-state index in [-0.39, 0.29) is 23.7 Å². The number of halogens is 2. The average Bonchev–Trinajstić information content (AvgIpc) is 3.09. The van der Waals surface area contributed by atoms with Crippen LogP contribution in [0.1, 0.15) is 54.5 Å². The molecular formula is C31H37Cl2N3O2. The molecule has 3 atom stereocenters. The van der Waals surface area contributed by atoms with Gasteiger partial charge in [0.05, 0.1) is 10.0 Å². The van der Waals surface area contributed by atoms with Crippen molar-refractivity contribution in [2.45, 2.75) is 37.8 Å². The van der Waals surface area contributed by atoms with Crippen molar-refractivity contribution in [3.63, 3.8) is 0 Å². The average molecular weight is 555 g/mol. The van der Waals surface area contributed by atoms with Crippen molar-refractivity contribution in [2.24, 2.45) is 17.6 Å². The summed E-state index contributed by atoms with van der Waals surface area (Å²) in [5.41, 5.74) is 8.90. The van der Waals surface area contributed by atoms with Crippen molar-refractivity contribution in [3.8, 4) is 0 Å². The highest BCUT2D eigenvalue weighted by atomic mass is 35.5. The second kappa shape index (κ2) is 14.1. The summed E-state index contributed by atoms with van der Waals surface area (Å²) in [5.74, 6) is 0.476. The van der Waals surface area contributed by atoms with E-state index in [2.05, 4.69) is 58.7 Å². The normalized spacial score (nSPS) is 19.0. The molecule has 7 heteroatoms. The topological polar surface area (TPSA) is 78.6 Å². The number of likely N-dealkylation sites (tertiary alicyclic amines) is 1. The first kappa shape index (κ1) is 28.6. The SMILES string of the molecule is NCCC[C@@H]1C[C@H](CNC(O)c2ccc(Cl)c(Cl)c2)CCN(CC(c2ccccc2)c2ccccc2)C1=O. The van der Waals surface area contributed by atoms with Crippen LogP contribution in [0, 0.1) is 11.8 Å². The van der Waals surface area contributed by atoms with E-state index in [0.717, 1.165) is 25.7 Å². The molecule has 38 heavy (non-hydrogen) atoms. The number of rotatable bonds is 11. The maximum absolute atomic E-state index is 13.8. The van der Waals surface area contributed by atoms with Gasteiger partial charge in [-0.3, -0.25) is 10.1 Å². The number of carbonyl (C=O) groups excluding carboxylic acids is 1. The lowest BCUT2D eigenvalue weighted by Gasteiger charge is -2.29. The number of aliphatic hydroxyl groups is 1. The second-order valence-corrected chi connectivity index (χ2v) is 11.0. The number of hydrogen-bond acceptors (Lipinski definition) is 4. The molecule has 3 aromatic carbocycles. The Hall–Kier alpha value is -2.41. The van der Waals surface area contributed by atoms with Crippen LogP contribution < -0.4 is 11.1 Å². The highest BCUT2D eigenvalue weighted by Gasteiger charge is 2.33. The lowest BCUT2D eigenvalue weighted by atomic mass is 9.89. The van der Waals surface area contributed by atoms with Gasteiger partial charge in [-0.1, -0.05) is 89.9 Å². The Kier molecular flexibility index (Phi) is 10.6. The van der Waals surface area contributed by atoms with Crippen LogP contribution in [-0.2, 0) is 4.79 Å². The minimum Gasteiger partial charge on any atom is -0.374 e. The summed E-state index contributed by atoms with van der Waals surface area (Å²) in [6, 6.07) is 26.0. The van der Waals surface area contributed by atoms with Gasteiger partial charge in [0.1, 0.15) is 6.23 Å². The third kappa shape index (κ3) is 7.58. The van der Waals surface area contributed by atoms with E-state index in [1.807, 2.05) is 12.1 Å². The second-order valence-electron chi connectivity index (χ2n) is 10.2. The van der Waals surface area contributed by atoms with Crippen LogP contribution in [0.4, 0.5) is 0 Å². The van der Waals surface area contributed by atoms with Gasteiger partial charge >= 0.3 is 0 Å². The van der Waals surface area contributed by atoms with E-state index in [0.29, 0.717) is 41.8 Å². The largest absolute Gasteiger partial charge is 0.374 e. The van der Waals surface area contributed by atoms with Crippen molar-refractivity contribution in [2.75, 3.05) is 26.2 Å². The molecule has 5 nitrogen and oxygen atoms in total. The van der Waals surface area contributed by atoms with Crippen molar-refractivity contribution in [1.82, 2.24) is 10.2 Å². The summed E-state index contributed by atoms with van der Waals surface area (Å²) in [6.07, 6.45) is 2.37. The fraction of sp³-hybridized carbons (Fsp3) is 0.387. The van der Waals surface area contributed by atoms with Crippen molar-refractivity contribution < 1.29 is 9.90 Å². The van der Waals surface area contributed by atoms with Gasteiger partial charge in [0, 0.05) is 31.5 Å². The minimum atomic E-state index is -0.858. The van der Waals surface area contributed by atoms with E-state index in [1.54, 1.807) is 18.2 Å². The van der Waals surface area contributed by atoms with Crippen LogP contribution in [0.25, 0.3) is 0 Å². The number of aliphatic hydroxyl groups excluding tert-OH is 1. The molecule has 0 saturated carbocycles. The predicted octanol–water partition coefficient (Wildman–Crippen LogP) is 6.00. The molecule has 0 spiro atoms. The molecule has 0 aliphatic carbocycles. The molecule has 3 aromatic rings. The zero-order chi connectivity index (χ0) is 26.9. The molecule has 1 saturated heterocycles. The van der Waals surface area contributed by atoms with E-state index in [4.69, 9.17) is 28.9 Å². The molecule has 1 aliphatic rings. The molecule has 1 amide bonds. The highest BCUT2D eigenvalue weighted by Crippen LogP contribution is 2.31. The van der Waals surface area contributed by atoms with Crippen molar-refractivity contribution >= 4 is 29.1 Å². The maximum Gasteiger partial charge on any atom is 0.225 e. The number of amides is 1. The van der Waals surface area contributed by atoms with Gasteiger partial charge in [0.25, 0.3) is 0 Å². The van der Waals surface area contributed by atoms with Gasteiger partial charge in [-0.2, -0.15) is 0 Å². The van der Waals surface area contributed by atoms with Crippen LogP contribution in [-0.4, -0.2) is 42.1 Å². The molecule has 1 fully saturated rings. The first-order chi connectivity index (χ1) is 18.5. The maximum atomic E-state index is 13.8. The molecule has 1 unspecified atom stereocenters. The first-order valence-electron chi connectivity index (χ1n) is 13.4. The van der Waals surface area contributed by atoms with E-state index in [1.165, 1.54) is 11.1 Å². The molecule has 0 aromatic heterocycles. The number of benzene rings is 3. The summed E-state index contributed by atoms with van der Waals surface area (Å²) >= 11 is 12.2. The van der Waals surface area contributed by atoms with Crippen molar-refractivity contribution in [3.05, 3.63) is 106 Å². The lowest BCUT2D eigenvalue weighted by Crippen LogP contribution is -2.38. The quantitative estimate of drug-likeness (QED) is 0.254. The van der Waals surface area contributed by atoms with Crippen LogP contribution in [0.5, 0.6) is 0 Å². The number of nitrogens with two attached hydrogens (primary N) is 1. The lowest BCUT2D eigenvalue weighted by molar-refractivity contribution is -0.135. The highest BCUT2D eigenvalue weighted by molar-refractivity contribution is 6.42. The molecule has 202 valence electrons. The Morgan fingerprint density at radius 1 is 0.947 bits per heavy atom. The molecule has 1 aliphatic heterocycles. The van der Waals surface area contributed by atoms with Crippen molar-refractivity contribution in [1.29, 1.82) is 0 Å². The fourth-order valence-electron chi connectivity index (χ4n) is 5.37. The molecule has 1 heterocycles. The standard InChI is InChI=1S/C31H37Cl2N3O2/c32-28-14-13-25(19-29(28)33)30(37)35-20-22-15-17-36(31(38)26(18-22)12-7-16-34)21-27(23-8-3-1-4-9-23)24-10-5-2-6-11-24/h1-6,8-11,13-14,19,22,26-27,30,35,37H,7,12,15-18,20-21,34H2/t22-,26-,30?/m1/s1. The van der Waals surface area contributed by atoms with Crippen LogP contribution in [0.3, 0.4) is 0 Å². The van der Waals surface area contributed by atoms with Gasteiger partial charge in [0.2, 0.25) is 5.91 Å². The molecule has 0 radical (unpaired) electrons. The third-order valence-electron chi connectivity index (χ3n) is 7.51. The molecule has 4 N–H and O–H groups in total. The van der Waals surface area contributed by atoms with Crippen LogP contribution >= 0.6 is 23.2 Å². The molecular weight excluding hydrogens is 517 g/mol. The Morgan fingerprint density at radius 2 is 1.61 bits per heavy atom. The number of nitrogens with zero attached hydrogens (tertiary/aromatic N) is 1. The van der Waals surface area contributed by atoms with Gasteiger partial charge in [-0.05, 0) is 67.0 Å². The van der Waals surface area contributed by atoms with Crippen LogP contribution in [0.2, 0.25) is 10.0 Å². The van der Waals surface area contributed by atoms with Gasteiger partial charge < -0.3 is 15.7 Å². The summed E-state index contributed by atoms with van der Waals surface area (Å²) in [4.78, 5) is 15.9. The number of hydrogen-bond donors (Lipinski definition) is 3. The van der Waals surface area contributed by atoms with Gasteiger partial charge in [-0.15, -0.1) is 0 Å². The van der Waals surface area contributed by atoms with Gasteiger partial charge in [-0.25, -0.2) is 0 Å². The predicted molar refractivity (Wildman–Crippen MR) is 155 cm³/mol. The fourth-order valence-corrected chi connectivity index (χ4v) is 5.68. The van der Waals surface area contributed by atoms with Gasteiger partial charge in [0.15, 0.2) is 0 Å². The Bertz CT molecular complexity index is 1120. The zero-order valence-electron chi connectivity index (χ0n) is 21.6. The summed E-state index contributed by atoms with van der Waals surface area (Å²) in [6.45, 7) is 2.49. The van der Waals surface area contributed by atoms with E-state index in [9.17, 15) is 9.90 Å². The monoisotopic (exact) mass is 553 g/mol. The number of nitrogens with one attached hydrogen (secondary N) is 1. The summed E-state index contributed by atoms with van der Waals surface area (Å²) in [7, 11) is 0. The molecule has 4 rings (SSSR count). The minimum absolute atomic E-state index is 0.0813. The smallest absolute Gasteiger partial charge is 0.225 e. The van der Waals surface area contributed by atoms with Crippen LogP contribution in [0.15, 0.2) is 78.9 Å². The first-order valence-corrected chi connectivity index (χ1v) is 14.2. The Balaban J connectivity index is 1.48. The Labute approximate surface area is 235 Å². The Morgan fingerprint density at radius 3 is 2.21 bits per heavy atom. The third-order valence-corrected chi connectivity index (χ3v) is 8.25. The van der Waals surface area contributed by atoms with E-state index < -0.39 is 6.23 Å².